The highest BCUT2D eigenvalue weighted by Crippen LogP contribution is 2.19. The molecule has 0 aliphatic rings. The molecule has 1 atom stereocenters. The van der Waals surface area contributed by atoms with Gasteiger partial charge in [-0.1, -0.05) is 12.2 Å². The van der Waals surface area contributed by atoms with E-state index >= 15 is 0 Å². The minimum Gasteiger partial charge on any atom is -0.325 e. The smallest absolute Gasteiger partial charge is 0.198 e. The van der Waals surface area contributed by atoms with Crippen molar-refractivity contribution in [3.8, 4) is 0 Å². The van der Waals surface area contributed by atoms with E-state index in [9.17, 15) is 17.6 Å². The predicted molar refractivity (Wildman–Crippen MR) is 49.0 cm³/mol. The van der Waals surface area contributed by atoms with Gasteiger partial charge in [-0.2, -0.15) is 0 Å². The van der Waals surface area contributed by atoms with E-state index in [-0.39, 0.29) is 11.6 Å². The summed E-state index contributed by atoms with van der Waals surface area (Å²) in [5.41, 5.74) is 4.95. The second kappa shape index (κ2) is 4.44. The number of hydrogen-bond acceptors (Lipinski definition) is 1. The Morgan fingerprint density at radius 2 is 1.73 bits per heavy atom. The van der Waals surface area contributed by atoms with E-state index in [1.54, 1.807) is 6.92 Å². The number of benzene rings is 1. The van der Waals surface area contributed by atoms with Crippen LogP contribution in [0, 0.1) is 23.3 Å². The van der Waals surface area contributed by atoms with Gasteiger partial charge in [0.2, 0.25) is 0 Å². The molecule has 5 heteroatoms. The Hall–Kier alpha value is -1.36. The van der Waals surface area contributed by atoms with Gasteiger partial charge in [-0.25, -0.2) is 17.6 Å². The van der Waals surface area contributed by atoms with Crippen molar-refractivity contribution in [2.24, 2.45) is 5.73 Å². The summed E-state index contributed by atoms with van der Waals surface area (Å²) in [6.45, 7) is 1.60. The average molecular weight is 219 g/mol. The summed E-state index contributed by atoms with van der Waals surface area (Å²) in [5.74, 6) is -6.49. The third-order valence-electron chi connectivity index (χ3n) is 1.71. The van der Waals surface area contributed by atoms with Crippen LogP contribution in [0.15, 0.2) is 12.1 Å². The van der Waals surface area contributed by atoms with E-state index in [0.717, 1.165) is 6.08 Å². The predicted octanol–water partition coefficient (Wildman–Crippen LogP) is 2.60. The first kappa shape index (κ1) is 11.7. The van der Waals surface area contributed by atoms with Gasteiger partial charge in [0.1, 0.15) is 0 Å². The third kappa shape index (κ3) is 2.56. The maximum atomic E-state index is 13.0. The molecule has 1 nitrogen and oxygen atoms in total. The third-order valence-corrected chi connectivity index (χ3v) is 1.71. The minimum absolute atomic E-state index is 0.372. The molecule has 0 radical (unpaired) electrons. The maximum Gasteiger partial charge on any atom is 0.198 e. The minimum atomic E-state index is -1.82. The molecule has 2 N–H and O–H groups in total. The van der Waals surface area contributed by atoms with Crippen molar-refractivity contribution in [1.82, 2.24) is 0 Å². The van der Waals surface area contributed by atoms with Crippen molar-refractivity contribution in [3.05, 3.63) is 41.0 Å². The van der Waals surface area contributed by atoms with Crippen LogP contribution in [-0.4, -0.2) is 6.04 Å². The summed E-state index contributed by atoms with van der Waals surface area (Å²) in [5, 5.41) is 0. The lowest BCUT2D eigenvalue weighted by atomic mass is 10.1. The molecule has 0 bridgehead atoms. The summed E-state index contributed by atoms with van der Waals surface area (Å²) in [6, 6.07) is 0.188. The first-order valence-corrected chi connectivity index (χ1v) is 4.20. The fourth-order valence-electron chi connectivity index (χ4n) is 0.968. The van der Waals surface area contributed by atoms with E-state index in [4.69, 9.17) is 5.73 Å². The lowest BCUT2D eigenvalue weighted by Crippen LogP contribution is -2.10. The molecule has 0 fully saturated rings. The fourth-order valence-corrected chi connectivity index (χ4v) is 0.968. The number of hydrogen-bond donors (Lipinski definition) is 1. The van der Waals surface area contributed by atoms with E-state index in [1.165, 1.54) is 6.08 Å². The lowest BCUT2D eigenvalue weighted by Gasteiger charge is -2.02. The Morgan fingerprint density at radius 1 is 1.13 bits per heavy atom. The largest absolute Gasteiger partial charge is 0.325 e. The van der Waals surface area contributed by atoms with E-state index < -0.39 is 23.3 Å². The Bertz CT molecular complexity index is 399. The standard InChI is InChI=1S/C10H9F4N/c1-5(15)2-3-6-4-7(11)9(13)10(14)8(6)12/h2-5H,15H2,1H3/b3-2+. The van der Waals surface area contributed by atoms with Gasteiger partial charge in [0.25, 0.3) is 0 Å². The first-order valence-electron chi connectivity index (χ1n) is 4.20. The van der Waals surface area contributed by atoms with Gasteiger partial charge in [-0.3, -0.25) is 0 Å². The van der Waals surface area contributed by atoms with Gasteiger partial charge in [-0.05, 0) is 13.0 Å². The lowest BCUT2D eigenvalue weighted by molar-refractivity contribution is 0.408. The van der Waals surface area contributed by atoms with Crippen molar-refractivity contribution >= 4 is 6.08 Å². The highest BCUT2D eigenvalue weighted by Gasteiger charge is 2.17. The van der Waals surface area contributed by atoms with Crippen LogP contribution >= 0.6 is 0 Å². The van der Waals surface area contributed by atoms with Gasteiger partial charge in [0.15, 0.2) is 23.3 Å². The van der Waals surface area contributed by atoms with Crippen molar-refractivity contribution in [2.45, 2.75) is 13.0 Å². The Labute approximate surface area is 84.2 Å². The summed E-state index contributed by atoms with van der Waals surface area (Å²) < 4.78 is 51.0. The SMILES string of the molecule is CC(N)/C=C/c1cc(F)c(F)c(F)c1F. The van der Waals surface area contributed by atoms with Crippen LogP contribution < -0.4 is 5.73 Å². The van der Waals surface area contributed by atoms with Crippen LogP contribution in [0.2, 0.25) is 0 Å². The van der Waals surface area contributed by atoms with E-state index in [0.29, 0.717) is 6.07 Å². The van der Waals surface area contributed by atoms with Crippen molar-refractivity contribution in [1.29, 1.82) is 0 Å². The first-order chi connectivity index (χ1) is 6.93. The highest BCUT2D eigenvalue weighted by atomic mass is 19.2. The van der Waals surface area contributed by atoms with Gasteiger partial charge in [0, 0.05) is 11.6 Å². The van der Waals surface area contributed by atoms with Gasteiger partial charge in [-0.15, -0.1) is 0 Å². The van der Waals surface area contributed by atoms with Crippen LogP contribution in [0.3, 0.4) is 0 Å². The van der Waals surface area contributed by atoms with Crippen LogP contribution in [-0.2, 0) is 0 Å². The molecule has 1 unspecified atom stereocenters. The molecule has 0 amide bonds. The molecule has 1 aromatic carbocycles. The Balaban J connectivity index is 3.21. The molecule has 0 heterocycles. The summed E-state index contributed by atoms with van der Waals surface area (Å²) in [7, 11) is 0. The molecule has 0 saturated heterocycles. The van der Waals surface area contributed by atoms with Crippen LogP contribution in [0.1, 0.15) is 12.5 Å². The molecule has 0 spiro atoms. The number of halogens is 4. The van der Waals surface area contributed by atoms with Crippen LogP contribution in [0.4, 0.5) is 17.6 Å². The zero-order chi connectivity index (χ0) is 11.6. The van der Waals surface area contributed by atoms with Crippen LogP contribution in [0.25, 0.3) is 6.08 Å². The molecule has 1 rings (SSSR count). The fraction of sp³-hybridized carbons (Fsp3) is 0.200. The van der Waals surface area contributed by atoms with E-state index in [2.05, 4.69) is 0 Å². The summed E-state index contributed by atoms with van der Waals surface area (Å²) in [6.07, 6.45) is 2.45. The molecular weight excluding hydrogens is 210 g/mol. The molecular formula is C10H9F4N. The molecule has 0 aromatic heterocycles. The molecule has 1 aromatic rings. The summed E-state index contributed by atoms with van der Waals surface area (Å²) >= 11 is 0. The number of rotatable bonds is 2. The van der Waals surface area contributed by atoms with Gasteiger partial charge < -0.3 is 5.73 Å². The zero-order valence-corrected chi connectivity index (χ0v) is 7.90. The molecule has 0 saturated carbocycles. The Morgan fingerprint density at radius 3 is 2.27 bits per heavy atom. The van der Waals surface area contributed by atoms with Crippen LogP contribution in [0.5, 0.6) is 0 Å². The molecule has 0 aliphatic carbocycles. The van der Waals surface area contributed by atoms with Crippen molar-refractivity contribution in [3.63, 3.8) is 0 Å². The second-order valence-electron chi connectivity index (χ2n) is 3.11. The molecule has 0 aliphatic heterocycles. The molecule has 82 valence electrons. The topological polar surface area (TPSA) is 26.0 Å². The highest BCUT2D eigenvalue weighted by molar-refractivity contribution is 5.51. The maximum absolute atomic E-state index is 13.0. The monoisotopic (exact) mass is 219 g/mol. The normalized spacial score (nSPS) is 13.5. The second-order valence-corrected chi connectivity index (χ2v) is 3.11. The van der Waals surface area contributed by atoms with Gasteiger partial charge in [0.05, 0.1) is 0 Å². The van der Waals surface area contributed by atoms with Gasteiger partial charge >= 0.3 is 0 Å². The summed E-state index contributed by atoms with van der Waals surface area (Å²) in [4.78, 5) is 0. The average Bonchev–Trinajstić information content (AvgIpc) is 2.18. The quantitative estimate of drug-likeness (QED) is 0.462. The number of nitrogens with two attached hydrogens (primary N) is 1. The zero-order valence-electron chi connectivity index (χ0n) is 7.90. The van der Waals surface area contributed by atoms with Crippen molar-refractivity contribution in [2.75, 3.05) is 0 Å². The van der Waals surface area contributed by atoms with E-state index in [1.807, 2.05) is 0 Å². The molecule has 15 heavy (non-hydrogen) atoms. The Kier molecular flexibility index (Phi) is 3.47. The van der Waals surface area contributed by atoms with Crippen molar-refractivity contribution < 1.29 is 17.6 Å².